The molecule has 0 unspecified atom stereocenters. The first kappa shape index (κ1) is 43.1. The van der Waals surface area contributed by atoms with Crippen molar-refractivity contribution in [3.63, 3.8) is 0 Å². The van der Waals surface area contributed by atoms with Crippen LogP contribution in [-0.4, -0.2) is 22.4 Å². The van der Waals surface area contributed by atoms with Crippen molar-refractivity contribution < 1.29 is 72.2 Å². The largest absolute Gasteiger partial charge is 1.00 e. The van der Waals surface area contributed by atoms with Gasteiger partial charge in [0, 0.05) is 5.92 Å². The molecule has 44 heavy (non-hydrogen) atoms. The molecule has 0 radical (unpaired) electrons. The van der Waals surface area contributed by atoms with E-state index in [0.717, 1.165) is 19.3 Å². The van der Waals surface area contributed by atoms with Gasteiger partial charge in [0.25, 0.3) is 0 Å². The van der Waals surface area contributed by atoms with Crippen molar-refractivity contribution in [1.82, 2.24) is 0 Å². The van der Waals surface area contributed by atoms with Crippen LogP contribution in [0.3, 0.4) is 0 Å². The van der Waals surface area contributed by atoms with Gasteiger partial charge in [-0.15, -0.1) is 0 Å². The summed E-state index contributed by atoms with van der Waals surface area (Å²) in [6, 6.07) is 0. The second-order valence-corrected chi connectivity index (χ2v) is 13.7. The molecule has 2 rings (SSSR count). The maximum absolute atomic E-state index is 10.1. The molecule has 0 aliphatic heterocycles. The smallest absolute Gasteiger partial charge is 1.00 e. The Balaban J connectivity index is -0.00000462. The molecule has 3 atom stereocenters. The minimum absolute atomic E-state index is 0. The van der Waals surface area contributed by atoms with Crippen molar-refractivity contribution in [2.75, 3.05) is 0 Å². The van der Waals surface area contributed by atoms with Crippen LogP contribution in [-0.2, 0) is 0 Å². The Hall–Kier alpha value is -0.940. The minimum atomic E-state index is -0.331. The fourth-order valence-corrected chi connectivity index (χ4v) is 6.14. The molecule has 0 saturated heterocycles. The Morgan fingerprint density at radius 2 is 1.20 bits per heavy atom. The molecule has 0 saturated carbocycles. The van der Waals surface area contributed by atoms with Crippen LogP contribution in [0.5, 0.6) is 0 Å². The Morgan fingerprint density at radius 3 is 1.70 bits per heavy atom. The molecule has 2 aliphatic carbocycles. The van der Waals surface area contributed by atoms with Crippen LogP contribution in [0.2, 0.25) is 0 Å². The molecule has 0 heterocycles. The van der Waals surface area contributed by atoms with Gasteiger partial charge < -0.3 is 13.1 Å². The van der Waals surface area contributed by atoms with Crippen molar-refractivity contribution in [1.29, 1.82) is 0 Å². The molecule has 0 bridgehead atoms. The topological polar surface area (TPSA) is 40.5 Å². The summed E-state index contributed by atoms with van der Waals surface area (Å²) < 4.78 is 0. The molecule has 232 valence electrons. The molecular weight excluding hydrogens is 558 g/mol. The average Bonchev–Trinajstić information content (AvgIpc) is 2.84. The van der Waals surface area contributed by atoms with Gasteiger partial charge in [0.1, 0.15) is 0 Å². The van der Waals surface area contributed by atoms with Crippen LogP contribution in [0.4, 0.5) is 0 Å². The summed E-state index contributed by atoms with van der Waals surface area (Å²) >= 11 is 0. The maximum atomic E-state index is 10.1. The van der Waals surface area contributed by atoms with Gasteiger partial charge >= 0.3 is 59.1 Å². The number of allylic oxidation sites excluding steroid dienone is 20. The fourth-order valence-electron chi connectivity index (χ4n) is 6.14. The average molecular weight is 617 g/mol. The van der Waals surface area contributed by atoms with Gasteiger partial charge in [0.05, 0.1) is 12.2 Å². The Labute approximate surface area is 317 Å². The van der Waals surface area contributed by atoms with Gasteiger partial charge in [-0.2, -0.15) is 0 Å². The number of hydrogen-bond donors (Lipinski definition) is 2. The van der Waals surface area contributed by atoms with E-state index in [9.17, 15) is 10.2 Å². The molecule has 4 heteroatoms. The first-order valence-corrected chi connectivity index (χ1v) is 15.4. The summed E-state index contributed by atoms with van der Waals surface area (Å²) in [5.74, 6) is 0.348. The third kappa shape index (κ3) is 15.1. The fraction of sp³-hybridized carbons (Fsp3) is 0.450. The van der Waals surface area contributed by atoms with E-state index < -0.39 is 0 Å². The number of aliphatic hydroxyl groups excluding tert-OH is 2. The molecule has 0 fully saturated rings. The van der Waals surface area contributed by atoms with Crippen LogP contribution >= 0.6 is 0 Å². The van der Waals surface area contributed by atoms with Gasteiger partial charge in [-0.05, 0) is 77.2 Å². The van der Waals surface area contributed by atoms with Gasteiger partial charge in [0.2, 0.25) is 0 Å². The first-order valence-electron chi connectivity index (χ1n) is 15.4. The van der Waals surface area contributed by atoms with Crippen molar-refractivity contribution in [3.8, 4) is 0 Å². The zero-order valence-electron chi connectivity index (χ0n) is 31.9. The monoisotopic (exact) mass is 616 g/mol. The van der Waals surface area contributed by atoms with Crippen LogP contribution < -0.4 is 59.1 Å². The zero-order chi connectivity index (χ0) is 31.5. The van der Waals surface area contributed by atoms with E-state index in [2.05, 4.69) is 154 Å². The molecule has 0 aromatic carbocycles. The summed E-state index contributed by atoms with van der Waals surface area (Å²) in [6.07, 6.45) is 33.8. The minimum Gasteiger partial charge on any atom is -1.00 e. The quantitative estimate of drug-likeness (QED) is 0.214. The molecule has 0 amide bonds. The summed E-state index contributed by atoms with van der Waals surface area (Å²) in [6.45, 7) is 21.6. The van der Waals surface area contributed by atoms with Crippen molar-refractivity contribution >= 4 is 0 Å². The molecule has 2 nitrogen and oxygen atoms in total. The van der Waals surface area contributed by atoms with Crippen LogP contribution in [0.25, 0.3) is 0 Å². The maximum Gasteiger partial charge on any atom is 1.00 e. The summed E-state index contributed by atoms with van der Waals surface area (Å²) in [5, 5.41) is 20.2. The van der Waals surface area contributed by atoms with E-state index in [4.69, 9.17) is 0 Å². The van der Waals surface area contributed by atoms with Crippen molar-refractivity contribution in [2.45, 2.75) is 101 Å². The number of aliphatic hydroxyl groups is 2. The summed E-state index contributed by atoms with van der Waals surface area (Å²) in [5.41, 5.74) is 8.73. The Kier molecular flexibility index (Phi) is 19.9. The SMILES string of the molecule is CC1=C[C@H](O)CC(C)(C)[C@H]1/C=C/C(C)=C/C=C/C(C)=C/C=C/C=C(C)/C=C/C=C(C)/C=C/C1=C(C)C[C@@H](O)CC1(C)C.[H-].[H-].[Na+].[Na+]. The molecular formula is C40H58Na2O2. The number of rotatable bonds is 10. The predicted molar refractivity (Wildman–Crippen MR) is 186 cm³/mol. The summed E-state index contributed by atoms with van der Waals surface area (Å²) in [4.78, 5) is 0. The Bertz CT molecular complexity index is 1300. The van der Waals surface area contributed by atoms with Crippen LogP contribution in [0, 0.1) is 16.7 Å². The van der Waals surface area contributed by atoms with Crippen molar-refractivity contribution in [3.05, 3.63) is 130 Å². The zero-order valence-corrected chi connectivity index (χ0v) is 33.9. The molecule has 2 N–H and O–H groups in total. The van der Waals surface area contributed by atoms with Gasteiger partial charge in [-0.25, -0.2) is 0 Å². The number of hydrogen-bond acceptors (Lipinski definition) is 2. The third-order valence-corrected chi connectivity index (χ3v) is 8.33. The summed E-state index contributed by atoms with van der Waals surface area (Å²) in [7, 11) is 0. The van der Waals surface area contributed by atoms with E-state index in [1.165, 1.54) is 39.0 Å². The van der Waals surface area contributed by atoms with Crippen LogP contribution in [0.1, 0.15) is 91.4 Å². The van der Waals surface area contributed by atoms with E-state index in [1.54, 1.807) is 0 Å². The van der Waals surface area contributed by atoms with E-state index in [-0.39, 0.29) is 85.0 Å². The van der Waals surface area contributed by atoms with Gasteiger partial charge in [-0.1, -0.05) is 152 Å². The van der Waals surface area contributed by atoms with E-state index in [0.29, 0.717) is 5.92 Å². The van der Waals surface area contributed by atoms with Crippen LogP contribution in [0.15, 0.2) is 130 Å². The third-order valence-electron chi connectivity index (χ3n) is 8.33. The molecule has 0 aromatic rings. The Morgan fingerprint density at radius 1 is 0.727 bits per heavy atom. The van der Waals surface area contributed by atoms with Crippen molar-refractivity contribution in [2.24, 2.45) is 16.7 Å². The predicted octanol–water partition coefficient (Wildman–Crippen LogP) is 4.64. The second kappa shape index (κ2) is 20.3. The second-order valence-electron chi connectivity index (χ2n) is 13.7. The first-order chi connectivity index (χ1) is 19.6. The normalized spacial score (nSPS) is 25.4. The molecule has 2 aliphatic rings. The van der Waals surface area contributed by atoms with Gasteiger partial charge in [-0.3, -0.25) is 0 Å². The van der Waals surface area contributed by atoms with E-state index >= 15 is 0 Å². The van der Waals surface area contributed by atoms with Gasteiger partial charge in [0.15, 0.2) is 0 Å². The molecule has 0 spiro atoms. The molecule has 0 aromatic heterocycles. The van der Waals surface area contributed by atoms with E-state index in [1.807, 2.05) is 6.08 Å². The standard InChI is InChI=1S/C40H56O2.2Na.2H/c1-29(17-13-19-31(3)21-23-37-33(5)25-35(41)27-39(37,7)8)15-11-12-16-30(2)18-14-20-32(4)22-24-38-34(6)26-36(42)28-40(38,9)10;;;;/h11-25,35-37,41-42H,26-28H2,1-10H3;;;;/q;2*+1;2*-1/b12-11+,17-13+,18-14+,23-21+,24-22+,29-15+,30-16+,31-19+,32-20+;;;;/t35-,36+,37-;;;;/m0..../s1.